The topological polar surface area (TPSA) is 336 Å². The lowest BCUT2D eigenvalue weighted by Crippen LogP contribution is -2.24. The fourth-order valence-corrected chi connectivity index (χ4v) is 12.2. The van der Waals surface area contributed by atoms with Gasteiger partial charge < -0.3 is 27.4 Å². The van der Waals surface area contributed by atoms with Crippen molar-refractivity contribution in [3.05, 3.63) is 142 Å². The summed E-state index contributed by atoms with van der Waals surface area (Å²) < 4.78 is 75.0. The maximum atomic E-state index is 12.6. The number of hydrogen-bond donors (Lipinski definition) is 4. The molecule has 0 spiro atoms. The number of carbonyl (C=O) groups is 3. The number of alkyl halides is 6. The van der Waals surface area contributed by atoms with Gasteiger partial charge in [0.2, 0.25) is 17.7 Å². The summed E-state index contributed by atoms with van der Waals surface area (Å²) in [5, 5.41) is 12.4. The van der Waals surface area contributed by atoms with Crippen LogP contribution >= 0.6 is 11.3 Å². The van der Waals surface area contributed by atoms with Crippen molar-refractivity contribution in [2.45, 2.75) is 322 Å². The van der Waals surface area contributed by atoms with E-state index in [-0.39, 0.29) is 73.3 Å². The number of nitrogens with one attached hydrogen (secondary N) is 1. The van der Waals surface area contributed by atoms with Crippen molar-refractivity contribution in [1.29, 1.82) is 5.26 Å². The van der Waals surface area contributed by atoms with E-state index in [1.165, 1.54) is 29.4 Å². The number of Topliss-reactive ketones (excluding diaryl/α,β-unsaturated/α-hetero) is 1. The fourth-order valence-electron chi connectivity index (χ4n) is 11.0. The minimum absolute atomic E-state index is 0.000574. The van der Waals surface area contributed by atoms with E-state index < -0.39 is 34.8 Å². The zero-order valence-corrected chi connectivity index (χ0v) is 75.3. The third kappa shape index (κ3) is 31.9. The summed E-state index contributed by atoms with van der Waals surface area (Å²) in [6.07, 6.45) is -4.32. The quantitative estimate of drug-likeness (QED) is 0.0690. The van der Waals surface area contributed by atoms with Crippen LogP contribution in [0, 0.1) is 45.9 Å². The number of nitrogens with two attached hydrogens (primary N) is 3. The second-order valence-electron chi connectivity index (χ2n) is 36.6. The van der Waals surface area contributed by atoms with Crippen LogP contribution in [0.25, 0.3) is 0 Å². The molecule has 2 amide bonds. The highest BCUT2D eigenvalue weighted by atomic mass is 32.1. The van der Waals surface area contributed by atoms with Crippen LogP contribution in [0.1, 0.15) is 375 Å². The number of rotatable bonds is 11. The lowest BCUT2D eigenvalue weighted by Gasteiger charge is -2.25. The number of nitrogen functional groups attached to an aromatic ring is 2. The zero-order valence-electron chi connectivity index (χ0n) is 74.5. The molecule has 0 unspecified atom stereocenters. The Hall–Kier alpha value is -8.65. The zero-order chi connectivity index (χ0) is 88.5. The molecule has 0 fully saturated rings. The van der Waals surface area contributed by atoms with Gasteiger partial charge in [-0.2, -0.15) is 31.6 Å². The second kappa shape index (κ2) is 40.6. The summed E-state index contributed by atoms with van der Waals surface area (Å²) >= 11 is 1.50. The molecule has 22 nitrogen and oxygen atoms in total. The Morgan fingerprint density at radius 1 is 0.469 bits per heavy atom. The number of nitriles is 1. The molecule has 0 radical (unpaired) electrons. The molecular formula is C84H131F6N19O3S. The molecule has 0 aromatic carbocycles. The van der Waals surface area contributed by atoms with Crippen LogP contribution in [0.2, 0.25) is 0 Å². The average Bonchev–Trinajstić information content (AvgIpc) is 1.28. The van der Waals surface area contributed by atoms with E-state index >= 15 is 0 Å². The van der Waals surface area contributed by atoms with Crippen LogP contribution < -0.4 is 22.5 Å². The van der Waals surface area contributed by atoms with E-state index in [9.17, 15) is 40.7 Å². The molecule has 628 valence electrons. The third-order valence-corrected chi connectivity index (χ3v) is 18.1. The summed E-state index contributed by atoms with van der Waals surface area (Å²) in [5.41, 5.74) is 24.7. The molecule has 0 saturated carbocycles. The SMILES string of the molecule is CC(C)(C)c1nc(N)ncc1C(F)(F)F.CNC(=O)c1sc(C(C)(C)C)nc1C(C)C.Cc1nc(C(=O)CCCN(C)C)nc(C(C)(C)C)c1C(C)C.Cc1nc(C(C)(C)C)ncc1C#N.Cc1nc(C(C)(C)C)ncc1C(F)(F)F.Cc1nc(C(N)=O)nc(C(C)(C)C)c1C(C)C.Cc1nc(N)nc(C(C)(C)C)c1C(C)C. The molecule has 113 heavy (non-hydrogen) atoms. The van der Waals surface area contributed by atoms with Crippen molar-refractivity contribution < 1.29 is 40.7 Å². The van der Waals surface area contributed by atoms with E-state index in [0.717, 1.165) is 92.2 Å². The van der Waals surface area contributed by atoms with Crippen LogP contribution in [0.3, 0.4) is 0 Å². The summed E-state index contributed by atoms with van der Waals surface area (Å²) in [5.74, 6) is 2.75. The monoisotopic (exact) mass is 1600 g/mol. The predicted molar refractivity (Wildman–Crippen MR) is 443 cm³/mol. The molecule has 7 heterocycles. The van der Waals surface area contributed by atoms with Crippen molar-refractivity contribution in [1.82, 2.24) is 75.0 Å². The maximum Gasteiger partial charge on any atom is 0.419 e. The number of halogens is 6. The molecule has 7 N–H and O–H groups in total. The number of nitrogens with zero attached hydrogens (tertiary/aromatic N) is 15. The Morgan fingerprint density at radius 2 is 0.850 bits per heavy atom. The number of aromatic nitrogens is 13. The molecule has 7 aromatic rings. The van der Waals surface area contributed by atoms with Crippen molar-refractivity contribution in [3.63, 3.8) is 0 Å². The van der Waals surface area contributed by atoms with Crippen LogP contribution in [0.15, 0.2) is 18.6 Å². The predicted octanol–water partition coefficient (Wildman–Crippen LogP) is 19.2. The van der Waals surface area contributed by atoms with Gasteiger partial charge in [0, 0.05) is 87.0 Å². The van der Waals surface area contributed by atoms with Gasteiger partial charge in [-0.3, -0.25) is 14.4 Å². The summed E-state index contributed by atoms with van der Waals surface area (Å²) in [7, 11) is 5.68. The van der Waals surface area contributed by atoms with E-state index in [2.05, 4.69) is 213 Å². The number of hydrogen-bond acceptors (Lipinski definition) is 21. The lowest BCUT2D eigenvalue weighted by molar-refractivity contribution is -0.139. The van der Waals surface area contributed by atoms with E-state index in [1.807, 2.05) is 89.4 Å². The first kappa shape index (κ1) is 102. The standard InChI is InChI=1S/C18H31N3O.C13H21N3O.C12H21N3.C12H20N2OS.C10H13F3N2.C10H13N3.C9H12F3N3/c1-12(2)15-13(3)19-17(20-16(15)18(4,5)6)14(22)10-9-11-21(7)8;1-7(2)9-8(3)15-12(11(14)17)16-10(9)13(4,5)6;1-7(2)9-8(3)14-11(13)15-10(9)12(4,5)6;1-7(2)8-9(10(15)13-6)16-11(14-8)12(3,4)5;1-6-7(10(11,12)13)5-14-8(15-6)9(2,3)4;1-7-8(5-11)6-12-9(13-7)10(2,3)4;1-8(2,3)6-5(9(10,11)12)4-14-7(13)15-6/h12H,9-11H2,1-8H3;7H,1-6H3,(H2,14,17);7H,1-6H3,(H2,13,14,15);7H,1-6H3,(H,13,15);5H,1-4H3;6H,1-4H3;4H,1-3H3,(H2,13,14,15). The number of aryl methyl sites for hydroxylation is 5. The number of ketones is 1. The van der Waals surface area contributed by atoms with Crippen LogP contribution in [0.5, 0.6) is 0 Å². The van der Waals surface area contributed by atoms with Gasteiger partial charge in [0.05, 0.1) is 61.6 Å². The smallest absolute Gasteiger partial charge is 0.368 e. The number of carbonyl (C=O) groups excluding carboxylic acids is 3. The molecule has 0 aliphatic rings. The summed E-state index contributed by atoms with van der Waals surface area (Å²) in [4.78, 5) is 92.2. The van der Waals surface area contributed by atoms with Gasteiger partial charge in [-0.05, 0) is 102 Å². The Morgan fingerprint density at radius 3 is 1.19 bits per heavy atom. The van der Waals surface area contributed by atoms with E-state index in [0.29, 0.717) is 47.3 Å². The van der Waals surface area contributed by atoms with Crippen molar-refractivity contribution in [2.24, 2.45) is 5.73 Å². The van der Waals surface area contributed by atoms with Gasteiger partial charge in [-0.1, -0.05) is 201 Å². The van der Waals surface area contributed by atoms with Crippen molar-refractivity contribution in [3.8, 4) is 6.07 Å². The van der Waals surface area contributed by atoms with Gasteiger partial charge >= 0.3 is 12.4 Å². The van der Waals surface area contributed by atoms with Gasteiger partial charge in [-0.15, -0.1) is 11.3 Å². The van der Waals surface area contributed by atoms with Crippen LogP contribution in [-0.4, -0.2) is 115 Å². The normalized spacial score (nSPS) is 12.2. The maximum absolute atomic E-state index is 12.6. The highest BCUT2D eigenvalue weighted by Gasteiger charge is 2.39. The first-order valence-electron chi connectivity index (χ1n) is 37.9. The number of primary amides is 1. The van der Waals surface area contributed by atoms with Gasteiger partial charge in [0.25, 0.3) is 11.8 Å². The molecule has 0 aliphatic carbocycles. The Bertz CT molecular complexity index is 4380. The molecule has 0 atom stereocenters. The van der Waals surface area contributed by atoms with Crippen LogP contribution in [0.4, 0.5) is 38.2 Å². The molecule has 7 aromatic heterocycles. The fraction of sp³-hybridized carbons (Fsp3) is 0.631. The summed E-state index contributed by atoms with van der Waals surface area (Å²) in [6, 6.07) is 2.05. The molecule has 0 saturated heterocycles. The summed E-state index contributed by atoms with van der Waals surface area (Å²) in [6.45, 7) is 69.0. The van der Waals surface area contributed by atoms with E-state index in [1.54, 1.807) is 34.0 Å². The molecule has 29 heteroatoms. The molecule has 0 aliphatic heterocycles. The minimum atomic E-state index is -4.45. The van der Waals surface area contributed by atoms with Crippen LogP contribution in [-0.2, 0) is 50.3 Å². The Kier molecular flexibility index (Phi) is 36.8. The minimum Gasteiger partial charge on any atom is -0.368 e. The second-order valence-corrected chi connectivity index (χ2v) is 37.6. The third-order valence-electron chi connectivity index (χ3n) is 16.6. The average molecular weight is 1600 g/mol. The van der Waals surface area contributed by atoms with Gasteiger partial charge in [-0.25, -0.2) is 64.8 Å². The largest absolute Gasteiger partial charge is 0.419 e. The van der Waals surface area contributed by atoms with E-state index in [4.69, 9.17) is 22.5 Å². The molecule has 7 rings (SSSR count). The molecular weight excluding hydrogens is 1470 g/mol. The highest BCUT2D eigenvalue weighted by molar-refractivity contribution is 7.14. The number of thiazole rings is 1. The first-order chi connectivity index (χ1) is 50.9. The van der Waals surface area contributed by atoms with Gasteiger partial charge in [0.15, 0.2) is 11.6 Å². The lowest BCUT2D eigenvalue weighted by atomic mass is 9.84. The van der Waals surface area contributed by atoms with Gasteiger partial charge in [0.1, 0.15) is 22.6 Å². The number of anilines is 2. The first-order valence-corrected chi connectivity index (χ1v) is 38.7. The number of amides is 2. The molecule has 0 bridgehead atoms. The Labute approximate surface area is 673 Å². The highest BCUT2D eigenvalue weighted by Crippen LogP contribution is 2.39. The van der Waals surface area contributed by atoms with Crippen molar-refractivity contribution >= 4 is 40.8 Å². The van der Waals surface area contributed by atoms with Crippen molar-refractivity contribution in [2.75, 3.05) is 39.2 Å². The Balaban J connectivity index is 0.000000663.